The Kier molecular flexibility index (Phi) is 5.70. The highest BCUT2D eigenvalue weighted by Gasteiger charge is 2.26. The second-order valence-corrected chi connectivity index (χ2v) is 8.12. The molecule has 1 unspecified atom stereocenters. The van der Waals surface area contributed by atoms with Crippen molar-refractivity contribution in [3.05, 3.63) is 23.5 Å². The molecule has 2 amide bonds. The normalized spacial score (nSPS) is 17.5. The summed E-state index contributed by atoms with van der Waals surface area (Å²) in [5.41, 5.74) is 0.921. The van der Waals surface area contributed by atoms with E-state index >= 15 is 0 Å². The van der Waals surface area contributed by atoms with Crippen molar-refractivity contribution in [1.29, 1.82) is 0 Å². The number of amides is 2. The Morgan fingerprint density at radius 1 is 1.38 bits per heavy atom. The lowest BCUT2D eigenvalue weighted by atomic mass is 9.97. The van der Waals surface area contributed by atoms with Gasteiger partial charge in [0.05, 0.1) is 12.4 Å². The summed E-state index contributed by atoms with van der Waals surface area (Å²) in [5.74, 6) is 0.384. The van der Waals surface area contributed by atoms with Crippen molar-refractivity contribution in [3.63, 3.8) is 0 Å². The van der Waals surface area contributed by atoms with Crippen LogP contribution in [0.15, 0.2) is 18.6 Å². The molecule has 0 bridgehead atoms. The van der Waals surface area contributed by atoms with Gasteiger partial charge in [0.25, 0.3) is 5.91 Å². The maximum absolute atomic E-state index is 12.8. The quantitative estimate of drug-likeness (QED) is 0.868. The van der Waals surface area contributed by atoms with Crippen molar-refractivity contribution in [2.75, 3.05) is 19.6 Å². The molecule has 0 saturated carbocycles. The fourth-order valence-electron chi connectivity index (χ4n) is 3.06. The number of piperidine rings is 1. The van der Waals surface area contributed by atoms with Crippen LogP contribution in [0.25, 0.3) is 10.6 Å². The van der Waals surface area contributed by atoms with Crippen LogP contribution in [0, 0.1) is 11.8 Å². The second-order valence-electron chi connectivity index (χ2n) is 7.09. The minimum atomic E-state index is -0.0144. The molecule has 1 N–H and O–H groups in total. The Balaban J connectivity index is 1.60. The van der Waals surface area contributed by atoms with Crippen molar-refractivity contribution in [2.24, 2.45) is 18.9 Å². The number of hydrogen-bond acceptors (Lipinski definition) is 5. The highest BCUT2D eigenvalue weighted by molar-refractivity contribution is 7.16. The lowest BCUT2D eigenvalue weighted by Gasteiger charge is -2.32. The van der Waals surface area contributed by atoms with E-state index in [1.54, 1.807) is 17.1 Å². The molecule has 8 heteroatoms. The Morgan fingerprint density at radius 3 is 2.88 bits per heavy atom. The summed E-state index contributed by atoms with van der Waals surface area (Å²) >= 11 is 1.40. The molecule has 1 fully saturated rings. The third-order valence-corrected chi connectivity index (χ3v) is 5.60. The van der Waals surface area contributed by atoms with Crippen LogP contribution in [0.4, 0.5) is 0 Å². The first-order chi connectivity index (χ1) is 12.4. The lowest BCUT2D eigenvalue weighted by Crippen LogP contribution is -2.44. The zero-order valence-corrected chi connectivity index (χ0v) is 16.3. The summed E-state index contributed by atoms with van der Waals surface area (Å²) in [4.78, 5) is 31.5. The first kappa shape index (κ1) is 18.6. The van der Waals surface area contributed by atoms with Crippen LogP contribution in [0.5, 0.6) is 0 Å². The number of thiazole rings is 1. The SMILES string of the molecule is CC(C)C(=O)NCC1CCCN(C(=O)c2cnc(-c3cnn(C)c3)s2)C1. The van der Waals surface area contributed by atoms with Crippen LogP contribution in [-0.2, 0) is 11.8 Å². The van der Waals surface area contributed by atoms with E-state index in [1.165, 1.54) is 11.3 Å². The van der Waals surface area contributed by atoms with Gasteiger partial charge in [-0.25, -0.2) is 4.98 Å². The molecule has 140 valence electrons. The predicted octanol–water partition coefficient (Wildman–Crippen LogP) is 2.17. The van der Waals surface area contributed by atoms with Gasteiger partial charge in [0.2, 0.25) is 5.91 Å². The number of carbonyl (C=O) groups excluding carboxylic acids is 2. The van der Waals surface area contributed by atoms with E-state index in [0.717, 1.165) is 30.0 Å². The van der Waals surface area contributed by atoms with Crippen LogP contribution < -0.4 is 5.32 Å². The average Bonchev–Trinajstić information content (AvgIpc) is 3.28. The van der Waals surface area contributed by atoms with Crippen molar-refractivity contribution >= 4 is 23.2 Å². The van der Waals surface area contributed by atoms with E-state index in [-0.39, 0.29) is 17.7 Å². The van der Waals surface area contributed by atoms with Crippen molar-refractivity contribution in [1.82, 2.24) is 25.0 Å². The van der Waals surface area contributed by atoms with E-state index in [9.17, 15) is 9.59 Å². The largest absolute Gasteiger partial charge is 0.356 e. The third kappa shape index (κ3) is 4.30. The Bertz CT molecular complexity index is 782. The summed E-state index contributed by atoms with van der Waals surface area (Å²) in [6.07, 6.45) is 7.29. The number of nitrogens with zero attached hydrogens (tertiary/aromatic N) is 4. The summed E-state index contributed by atoms with van der Waals surface area (Å²) in [6, 6.07) is 0. The number of rotatable bonds is 5. The molecule has 3 heterocycles. The summed E-state index contributed by atoms with van der Waals surface area (Å²) in [7, 11) is 1.86. The zero-order valence-electron chi connectivity index (χ0n) is 15.4. The van der Waals surface area contributed by atoms with Gasteiger partial charge in [-0.3, -0.25) is 14.3 Å². The molecule has 0 radical (unpaired) electrons. The van der Waals surface area contributed by atoms with Gasteiger partial charge in [-0.05, 0) is 18.8 Å². The maximum atomic E-state index is 12.8. The van der Waals surface area contributed by atoms with Crippen LogP contribution in [0.1, 0.15) is 36.4 Å². The van der Waals surface area contributed by atoms with E-state index in [0.29, 0.717) is 23.9 Å². The molecule has 1 atom stereocenters. The van der Waals surface area contributed by atoms with Crippen molar-refractivity contribution < 1.29 is 9.59 Å². The van der Waals surface area contributed by atoms with Gasteiger partial charge < -0.3 is 10.2 Å². The maximum Gasteiger partial charge on any atom is 0.265 e. The third-order valence-electron chi connectivity index (χ3n) is 4.56. The van der Waals surface area contributed by atoms with E-state index in [1.807, 2.05) is 32.0 Å². The van der Waals surface area contributed by atoms with Crippen LogP contribution in [-0.4, -0.2) is 51.1 Å². The monoisotopic (exact) mass is 375 g/mol. The minimum absolute atomic E-state index is 0.0144. The molecule has 1 aliphatic heterocycles. The molecule has 0 spiro atoms. The van der Waals surface area contributed by atoms with Gasteiger partial charge in [-0.2, -0.15) is 5.10 Å². The molecule has 3 rings (SSSR count). The smallest absolute Gasteiger partial charge is 0.265 e. The van der Waals surface area contributed by atoms with Crippen LogP contribution in [0.3, 0.4) is 0 Å². The molecule has 1 aliphatic rings. The van der Waals surface area contributed by atoms with Gasteiger partial charge in [-0.15, -0.1) is 11.3 Å². The summed E-state index contributed by atoms with van der Waals surface area (Å²) in [6.45, 7) is 5.83. The molecule has 1 saturated heterocycles. The second kappa shape index (κ2) is 7.99. The molecular weight excluding hydrogens is 350 g/mol. The predicted molar refractivity (Wildman–Crippen MR) is 101 cm³/mol. The molecule has 2 aromatic heterocycles. The summed E-state index contributed by atoms with van der Waals surface area (Å²) in [5, 5.41) is 7.94. The van der Waals surface area contributed by atoms with Crippen molar-refractivity contribution in [3.8, 4) is 10.6 Å². The fourth-order valence-corrected chi connectivity index (χ4v) is 3.92. The van der Waals surface area contributed by atoms with Crippen LogP contribution >= 0.6 is 11.3 Å². The van der Waals surface area contributed by atoms with Gasteiger partial charge in [-0.1, -0.05) is 13.8 Å². The Hall–Kier alpha value is -2.22. The van der Waals surface area contributed by atoms with E-state index < -0.39 is 0 Å². The highest BCUT2D eigenvalue weighted by Crippen LogP contribution is 2.27. The van der Waals surface area contributed by atoms with Gasteiger partial charge in [0, 0.05) is 44.4 Å². The standard InChI is InChI=1S/C18H25N5O2S/c1-12(2)16(24)19-7-13-5-4-6-23(10-13)18(25)15-9-20-17(26-15)14-8-21-22(3)11-14/h8-9,11-13H,4-7,10H2,1-3H3,(H,19,24). The first-order valence-electron chi connectivity index (χ1n) is 8.96. The van der Waals surface area contributed by atoms with Gasteiger partial charge >= 0.3 is 0 Å². The van der Waals surface area contributed by atoms with Gasteiger partial charge in [0.15, 0.2) is 0 Å². The molecule has 26 heavy (non-hydrogen) atoms. The number of carbonyl (C=O) groups is 2. The fraction of sp³-hybridized carbons (Fsp3) is 0.556. The molecule has 7 nitrogen and oxygen atoms in total. The number of hydrogen-bond donors (Lipinski definition) is 1. The number of likely N-dealkylation sites (tertiary alicyclic amines) is 1. The van der Waals surface area contributed by atoms with Crippen LogP contribution in [0.2, 0.25) is 0 Å². The molecular formula is C18H25N5O2S. The topological polar surface area (TPSA) is 80.1 Å². The average molecular weight is 375 g/mol. The Labute approximate surface area is 157 Å². The molecule has 0 aromatic carbocycles. The van der Waals surface area contributed by atoms with Gasteiger partial charge in [0.1, 0.15) is 9.88 Å². The number of nitrogens with one attached hydrogen (secondary N) is 1. The van der Waals surface area contributed by atoms with Crippen molar-refractivity contribution in [2.45, 2.75) is 26.7 Å². The highest BCUT2D eigenvalue weighted by atomic mass is 32.1. The lowest BCUT2D eigenvalue weighted by molar-refractivity contribution is -0.124. The molecule has 2 aromatic rings. The zero-order chi connectivity index (χ0) is 18.7. The Morgan fingerprint density at radius 2 is 2.19 bits per heavy atom. The van der Waals surface area contributed by atoms with E-state index in [2.05, 4.69) is 15.4 Å². The minimum Gasteiger partial charge on any atom is -0.356 e. The number of aryl methyl sites for hydroxylation is 1. The summed E-state index contributed by atoms with van der Waals surface area (Å²) < 4.78 is 1.72. The molecule has 0 aliphatic carbocycles. The number of aromatic nitrogens is 3. The van der Waals surface area contributed by atoms with E-state index in [4.69, 9.17) is 0 Å². The first-order valence-corrected chi connectivity index (χ1v) is 9.77.